The molecule has 3 unspecified atom stereocenters. The summed E-state index contributed by atoms with van der Waals surface area (Å²) in [6.07, 6.45) is 14.0. The van der Waals surface area contributed by atoms with Crippen LogP contribution in [0.4, 0.5) is 0 Å². The lowest BCUT2D eigenvalue weighted by molar-refractivity contribution is -0.232. The summed E-state index contributed by atoms with van der Waals surface area (Å²) in [5.74, 6) is 0. The maximum absolute atomic E-state index is 6.00. The molecular formula is C20H39NO3. The maximum atomic E-state index is 6.00. The molecule has 2 heterocycles. The molecule has 2 rings (SSSR count). The van der Waals surface area contributed by atoms with Crippen LogP contribution >= 0.6 is 0 Å². The zero-order valence-electron chi connectivity index (χ0n) is 16.0. The Hall–Kier alpha value is -0.160. The Kier molecular flexibility index (Phi) is 10.3. The number of hydrogen-bond acceptors (Lipinski definition) is 4. The SMILES string of the molecule is CCCCCCC1CCC(OC(C)OCCCN2CCCCC2)O1. The minimum atomic E-state index is -0.157. The number of likely N-dealkylation sites (tertiary alicyclic amines) is 1. The molecule has 0 saturated carbocycles. The van der Waals surface area contributed by atoms with Crippen molar-refractivity contribution in [2.24, 2.45) is 0 Å². The quantitative estimate of drug-likeness (QED) is 0.380. The molecule has 0 aromatic heterocycles. The second-order valence-electron chi connectivity index (χ2n) is 7.44. The fourth-order valence-corrected chi connectivity index (χ4v) is 3.76. The summed E-state index contributed by atoms with van der Waals surface area (Å²) in [7, 11) is 0. The molecule has 0 N–H and O–H groups in total. The van der Waals surface area contributed by atoms with Gasteiger partial charge in [0.15, 0.2) is 12.6 Å². The van der Waals surface area contributed by atoms with Crippen molar-refractivity contribution in [1.29, 1.82) is 0 Å². The van der Waals surface area contributed by atoms with E-state index in [4.69, 9.17) is 14.2 Å². The molecule has 0 aliphatic carbocycles. The monoisotopic (exact) mass is 341 g/mol. The van der Waals surface area contributed by atoms with Gasteiger partial charge in [0, 0.05) is 13.0 Å². The molecule has 4 heteroatoms. The standard InChI is InChI=1S/C20H39NO3/c1-3-4-5-7-11-19-12-13-20(24-19)23-18(2)22-17-10-16-21-14-8-6-9-15-21/h18-20H,3-17H2,1-2H3. The molecule has 0 spiro atoms. The highest BCUT2D eigenvalue weighted by molar-refractivity contribution is 4.69. The number of piperidine rings is 1. The van der Waals surface area contributed by atoms with Crippen molar-refractivity contribution in [2.45, 2.75) is 103 Å². The van der Waals surface area contributed by atoms with Crippen LogP contribution in [0.25, 0.3) is 0 Å². The molecule has 2 aliphatic rings. The number of rotatable bonds is 12. The Labute approximate surface area is 149 Å². The summed E-state index contributed by atoms with van der Waals surface area (Å²) in [6, 6.07) is 0. The van der Waals surface area contributed by atoms with E-state index in [1.54, 1.807) is 0 Å². The molecule has 0 aromatic carbocycles. The lowest BCUT2D eigenvalue weighted by atomic mass is 10.1. The highest BCUT2D eigenvalue weighted by Crippen LogP contribution is 2.25. The van der Waals surface area contributed by atoms with Crippen molar-refractivity contribution in [3.05, 3.63) is 0 Å². The third kappa shape index (κ3) is 8.28. The molecule has 0 radical (unpaired) electrons. The number of unbranched alkanes of at least 4 members (excludes halogenated alkanes) is 3. The molecule has 2 fully saturated rings. The van der Waals surface area contributed by atoms with Crippen molar-refractivity contribution in [1.82, 2.24) is 4.90 Å². The molecule has 2 aliphatic heterocycles. The van der Waals surface area contributed by atoms with E-state index in [2.05, 4.69) is 11.8 Å². The molecule has 3 atom stereocenters. The first-order valence-electron chi connectivity index (χ1n) is 10.4. The van der Waals surface area contributed by atoms with Gasteiger partial charge in [0.1, 0.15) is 0 Å². The minimum absolute atomic E-state index is 0.0572. The van der Waals surface area contributed by atoms with Crippen molar-refractivity contribution in [3.63, 3.8) is 0 Å². The van der Waals surface area contributed by atoms with Gasteiger partial charge in [0.05, 0.1) is 12.7 Å². The van der Waals surface area contributed by atoms with Crippen LogP contribution in [0.2, 0.25) is 0 Å². The Balaban J connectivity index is 1.46. The summed E-state index contributed by atoms with van der Waals surface area (Å²) in [5.41, 5.74) is 0. The topological polar surface area (TPSA) is 30.9 Å². The highest BCUT2D eigenvalue weighted by atomic mass is 16.8. The van der Waals surface area contributed by atoms with Gasteiger partial charge in [-0.2, -0.15) is 0 Å². The molecule has 4 nitrogen and oxygen atoms in total. The van der Waals surface area contributed by atoms with Gasteiger partial charge >= 0.3 is 0 Å². The zero-order valence-corrected chi connectivity index (χ0v) is 16.0. The van der Waals surface area contributed by atoms with E-state index >= 15 is 0 Å². The average Bonchev–Trinajstić information content (AvgIpc) is 3.04. The Bertz CT molecular complexity index is 307. The smallest absolute Gasteiger partial charge is 0.161 e. The maximum Gasteiger partial charge on any atom is 0.161 e. The lowest BCUT2D eigenvalue weighted by Crippen LogP contribution is -2.31. The van der Waals surface area contributed by atoms with Crippen molar-refractivity contribution in [2.75, 3.05) is 26.2 Å². The van der Waals surface area contributed by atoms with Crippen molar-refractivity contribution in [3.8, 4) is 0 Å². The van der Waals surface area contributed by atoms with E-state index in [-0.39, 0.29) is 12.6 Å². The van der Waals surface area contributed by atoms with E-state index in [1.807, 2.05) is 6.92 Å². The summed E-state index contributed by atoms with van der Waals surface area (Å²) < 4.78 is 17.7. The Morgan fingerprint density at radius 1 is 1.04 bits per heavy atom. The van der Waals surface area contributed by atoms with E-state index in [0.717, 1.165) is 32.4 Å². The number of nitrogens with zero attached hydrogens (tertiary/aromatic N) is 1. The van der Waals surface area contributed by atoms with Crippen LogP contribution in [-0.2, 0) is 14.2 Å². The zero-order chi connectivity index (χ0) is 17.0. The van der Waals surface area contributed by atoms with Gasteiger partial charge < -0.3 is 19.1 Å². The van der Waals surface area contributed by atoms with E-state index in [0.29, 0.717) is 6.10 Å². The third-order valence-corrected chi connectivity index (χ3v) is 5.21. The molecule has 0 bridgehead atoms. The summed E-state index contributed by atoms with van der Waals surface area (Å²) in [4.78, 5) is 2.56. The second-order valence-corrected chi connectivity index (χ2v) is 7.44. The summed E-state index contributed by atoms with van der Waals surface area (Å²) in [6.45, 7) is 8.73. The van der Waals surface area contributed by atoms with E-state index in [9.17, 15) is 0 Å². The number of hydrogen-bond donors (Lipinski definition) is 0. The minimum Gasteiger partial charge on any atom is -0.353 e. The molecule has 0 aromatic rings. The van der Waals surface area contributed by atoms with Crippen molar-refractivity contribution < 1.29 is 14.2 Å². The van der Waals surface area contributed by atoms with E-state index < -0.39 is 0 Å². The van der Waals surface area contributed by atoms with Crippen LogP contribution in [0.15, 0.2) is 0 Å². The van der Waals surface area contributed by atoms with Crippen molar-refractivity contribution >= 4 is 0 Å². The molecule has 142 valence electrons. The largest absolute Gasteiger partial charge is 0.353 e. The van der Waals surface area contributed by atoms with Crippen LogP contribution in [0.5, 0.6) is 0 Å². The van der Waals surface area contributed by atoms with Crippen LogP contribution in [0.3, 0.4) is 0 Å². The van der Waals surface area contributed by atoms with E-state index in [1.165, 1.54) is 64.5 Å². The normalized spacial score (nSPS) is 26.8. The van der Waals surface area contributed by atoms with Crippen LogP contribution in [0.1, 0.15) is 84.5 Å². The summed E-state index contributed by atoms with van der Waals surface area (Å²) in [5, 5.41) is 0. The van der Waals surface area contributed by atoms with Gasteiger partial charge in [0.2, 0.25) is 0 Å². The van der Waals surface area contributed by atoms with Crippen LogP contribution < -0.4 is 0 Å². The Morgan fingerprint density at radius 2 is 1.88 bits per heavy atom. The Morgan fingerprint density at radius 3 is 2.67 bits per heavy atom. The molecular weight excluding hydrogens is 302 g/mol. The van der Waals surface area contributed by atoms with Gasteiger partial charge in [-0.1, -0.05) is 39.0 Å². The predicted molar refractivity (Wildman–Crippen MR) is 98.1 cm³/mol. The highest BCUT2D eigenvalue weighted by Gasteiger charge is 2.26. The van der Waals surface area contributed by atoms with Crippen LogP contribution in [-0.4, -0.2) is 49.8 Å². The third-order valence-electron chi connectivity index (χ3n) is 5.21. The molecule has 0 amide bonds. The molecule has 24 heavy (non-hydrogen) atoms. The van der Waals surface area contributed by atoms with Gasteiger partial charge in [-0.3, -0.25) is 0 Å². The van der Waals surface area contributed by atoms with Crippen LogP contribution in [0, 0.1) is 0 Å². The fraction of sp³-hybridized carbons (Fsp3) is 1.00. The molecule has 2 saturated heterocycles. The van der Waals surface area contributed by atoms with Gasteiger partial charge in [0.25, 0.3) is 0 Å². The second kappa shape index (κ2) is 12.2. The fourth-order valence-electron chi connectivity index (χ4n) is 3.76. The first-order chi connectivity index (χ1) is 11.8. The van der Waals surface area contributed by atoms with Gasteiger partial charge in [-0.05, 0) is 52.1 Å². The first-order valence-corrected chi connectivity index (χ1v) is 10.4. The predicted octanol–water partition coefficient (Wildman–Crippen LogP) is 4.72. The number of ether oxygens (including phenoxy) is 3. The van der Waals surface area contributed by atoms with Gasteiger partial charge in [-0.15, -0.1) is 0 Å². The van der Waals surface area contributed by atoms with Gasteiger partial charge in [-0.25, -0.2) is 0 Å². The lowest BCUT2D eigenvalue weighted by Gasteiger charge is -2.26. The average molecular weight is 342 g/mol. The summed E-state index contributed by atoms with van der Waals surface area (Å²) >= 11 is 0. The first kappa shape index (κ1) is 20.2.